The number of oxime groups is 1. The Morgan fingerprint density at radius 1 is 1.32 bits per heavy atom. The normalized spacial score (nSPS) is 12.3. The molecule has 0 fully saturated rings. The van der Waals surface area contributed by atoms with Crippen LogP contribution in [0.3, 0.4) is 0 Å². The average molecular weight is 263 g/mol. The number of hydrogen-bond acceptors (Lipinski definition) is 4. The second-order valence-corrected chi connectivity index (χ2v) is 4.14. The van der Waals surface area contributed by atoms with E-state index in [0.717, 1.165) is 12.0 Å². The SMILES string of the molecule is CCOC(=O)C(CC)C/C=N/OCc1ccccc1. The molecule has 0 aliphatic carbocycles. The zero-order chi connectivity index (χ0) is 13.9. The van der Waals surface area contributed by atoms with Crippen LogP contribution in [-0.2, 0) is 21.0 Å². The fourth-order valence-corrected chi connectivity index (χ4v) is 1.60. The minimum Gasteiger partial charge on any atom is -0.466 e. The van der Waals surface area contributed by atoms with Gasteiger partial charge in [-0.3, -0.25) is 4.79 Å². The summed E-state index contributed by atoms with van der Waals surface area (Å²) in [5.41, 5.74) is 1.07. The standard InChI is InChI=1S/C15H21NO3/c1-3-14(15(17)18-4-2)10-11-16-19-12-13-8-6-5-7-9-13/h5-9,11,14H,3-4,10,12H2,1-2H3/b16-11+. The number of carbonyl (C=O) groups excluding carboxylic acids is 1. The molecule has 0 saturated carbocycles. The maximum absolute atomic E-state index is 11.5. The molecule has 4 heteroatoms. The molecule has 4 nitrogen and oxygen atoms in total. The average Bonchev–Trinajstić information content (AvgIpc) is 2.44. The van der Waals surface area contributed by atoms with E-state index in [9.17, 15) is 4.79 Å². The number of carbonyl (C=O) groups is 1. The minimum atomic E-state index is -0.167. The van der Waals surface area contributed by atoms with E-state index in [1.807, 2.05) is 44.2 Å². The van der Waals surface area contributed by atoms with Crippen molar-refractivity contribution in [2.45, 2.75) is 33.3 Å². The van der Waals surface area contributed by atoms with Crippen LogP contribution in [0.5, 0.6) is 0 Å². The highest BCUT2D eigenvalue weighted by atomic mass is 16.6. The highest BCUT2D eigenvalue weighted by Crippen LogP contribution is 2.09. The van der Waals surface area contributed by atoms with Gasteiger partial charge in [-0.2, -0.15) is 0 Å². The highest BCUT2D eigenvalue weighted by Gasteiger charge is 2.15. The topological polar surface area (TPSA) is 47.9 Å². The molecular weight excluding hydrogens is 242 g/mol. The van der Waals surface area contributed by atoms with Crippen LogP contribution in [0.15, 0.2) is 35.5 Å². The number of benzene rings is 1. The van der Waals surface area contributed by atoms with Crippen molar-refractivity contribution in [1.82, 2.24) is 0 Å². The summed E-state index contributed by atoms with van der Waals surface area (Å²) in [6.07, 6.45) is 2.92. The van der Waals surface area contributed by atoms with Gasteiger partial charge >= 0.3 is 5.97 Å². The van der Waals surface area contributed by atoms with Crippen LogP contribution in [-0.4, -0.2) is 18.8 Å². The lowest BCUT2D eigenvalue weighted by Gasteiger charge is -2.10. The summed E-state index contributed by atoms with van der Waals surface area (Å²) in [5, 5.41) is 3.86. The molecule has 0 aromatic heterocycles. The fourth-order valence-electron chi connectivity index (χ4n) is 1.60. The van der Waals surface area contributed by atoms with Crippen molar-refractivity contribution in [3.05, 3.63) is 35.9 Å². The Morgan fingerprint density at radius 2 is 2.05 bits per heavy atom. The molecule has 0 heterocycles. The van der Waals surface area contributed by atoms with E-state index in [0.29, 0.717) is 19.6 Å². The van der Waals surface area contributed by atoms with Crippen molar-refractivity contribution in [2.24, 2.45) is 11.1 Å². The van der Waals surface area contributed by atoms with E-state index in [-0.39, 0.29) is 11.9 Å². The van der Waals surface area contributed by atoms with Crippen LogP contribution in [0.1, 0.15) is 32.3 Å². The van der Waals surface area contributed by atoms with Crippen LogP contribution in [0.2, 0.25) is 0 Å². The summed E-state index contributed by atoms with van der Waals surface area (Å²) in [4.78, 5) is 16.7. The van der Waals surface area contributed by atoms with E-state index >= 15 is 0 Å². The van der Waals surface area contributed by atoms with Crippen molar-refractivity contribution >= 4 is 12.2 Å². The summed E-state index contributed by atoms with van der Waals surface area (Å²) in [5.74, 6) is -0.302. The summed E-state index contributed by atoms with van der Waals surface area (Å²) < 4.78 is 4.98. The van der Waals surface area contributed by atoms with Gasteiger partial charge in [0.1, 0.15) is 6.61 Å². The largest absolute Gasteiger partial charge is 0.466 e. The first kappa shape index (κ1) is 15.2. The molecule has 19 heavy (non-hydrogen) atoms. The molecule has 0 aliphatic rings. The lowest BCUT2D eigenvalue weighted by Crippen LogP contribution is -2.17. The Kier molecular flexibility index (Phi) is 7.32. The Labute approximate surface area is 114 Å². The van der Waals surface area contributed by atoms with E-state index < -0.39 is 0 Å². The molecule has 0 saturated heterocycles. The second-order valence-electron chi connectivity index (χ2n) is 4.14. The molecule has 0 aliphatic heterocycles. The molecule has 1 atom stereocenters. The van der Waals surface area contributed by atoms with Crippen LogP contribution >= 0.6 is 0 Å². The maximum atomic E-state index is 11.5. The summed E-state index contributed by atoms with van der Waals surface area (Å²) in [6.45, 7) is 4.62. The molecule has 1 aromatic rings. The zero-order valence-electron chi connectivity index (χ0n) is 11.5. The lowest BCUT2D eigenvalue weighted by molar-refractivity contribution is -0.147. The Morgan fingerprint density at radius 3 is 2.68 bits per heavy atom. The van der Waals surface area contributed by atoms with Gasteiger partial charge in [0.25, 0.3) is 0 Å². The molecule has 0 bridgehead atoms. The molecule has 1 aromatic carbocycles. The number of rotatable bonds is 8. The molecule has 0 spiro atoms. The molecule has 0 amide bonds. The third kappa shape index (κ3) is 6.04. The van der Waals surface area contributed by atoms with Crippen molar-refractivity contribution in [3.63, 3.8) is 0 Å². The fraction of sp³-hybridized carbons (Fsp3) is 0.467. The lowest BCUT2D eigenvalue weighted by atomic mass is 10.0. The van der Waals surface area contributed by atoms with E-state index in [4.69, 9.17) is 9.57 Å². The van der Waals surface area contributed by atoms with Gasteiger partial charge in [-0.25, -0.2) is 0 Å². The number of hydrogen-bond donors (Lipinski definition) is 0. The van der Waals surface area contributed by atoms with Crippen LogP contribution in [0.25, 0.3) is 0 Å². The molecular formula is C15H21NO3. The molecule has 0 N–H and O–H groups in total. The third-order valence-electron chi connectivity index (χ3n) is 2.73. The van der Waals surface area contributed by atoms with Crippen molar-refractivity contribution < 1.29 is 14.4 Å². The van der Waals surface area contributed by atoms with Crippen LogP contribution < -0.4 is 0 Å². The zero-order valence-corrected chi connectivity index (χ0v) is 11.5. The maximum Gasteiger partial charge on any atom is 0.309 e. The third-order valence-corrected chi connectivity index (χ3v) is 2.73. The van der Waals surface area contributed by atoms with Crippen molar-refractivity contribution in [3.8, 4) is 0 Å². The van der Waals surface area contributed by atoms with Gasteiger partial charge in [-0.05, 0) is 25.3 Å². The van der Waals surface area contributed by atoms with Crippen LogP contribution in [0, 0.1) is 5.92 Å². The van der Waals surface area contributed by atoms with E-state index in [1.54, 1.807) is 6.21 Å². The van der Waals surface area contributed by atoms with E-state index in [2.05, 4.69) is 5.16 Å². The van der Waals surface area contributed by atoms with Gasteiger partial charge in [0.2, 0.25) is 0 Å². The van der Waals surface area contributed by atoms with Crippen molar-refractivity contribution in [2.75, 3.05) is 6.61 Å². The van der Waals surface area contributed by atoms with Crippen molar-refractivity contribution in [1.29, 1.82) is 0 Å². The number of esters is 1. The Balaban J connectivity index is 2.27. The molecule has 0 radical (unpaired) electrons. The number of ether oxygens (including phenoxy) is 1. The Hall–Kier alpha value is -1.84. The number of nitrogens with zero attached hydrogens (tertiary/aromatic N) is 1. The molecule has 1 rings (SSSR count). The van der Waals surface area contributed by atoms with Gasteiger partial charge in [0.15, 0.2) is 0 Å². The molecule has 1 unspecified atom stereocenters. The quantitative estimate of drug-likeness (QED) is 0.411. The summed E-state index contributed by atoms with van der Waals surface area (Å²) >= 11 is 0. The Bertz CT molecular complexity index is 390. The smallest absolute Gasteiger partial charge is 0.309 e. The predicted molar refractivity (Wildman–Crippen MR) is 74.8 cm³/mol. The van der Waals surface area contributed by atoms with Gasteiger partial charge in [0, 0.05) is 6.21 Å². The first-order chi connectivity index (χ1) is 9.27. The summed E-state index contributed by atoms with van der Waals surface area (Å²) in [7, 11) is 0. The molecule has 104 valence electrons. The predicted octanol–water partition coefficient (Wildman–Crippen LogP) is 3.17. The first-order valence-corrected chi connectivity index (χ1v) is 6.62. The van der Waals surface area contributed by atoms with Gasteiger partial charge in [-0.1, -0.05) is 42.4 Å². The van der Waals surface area contributed by atoms with Gasteiger partial charge in [0.05, 0.1) is 12.5 Å². The first-order valence-electron chi connectivity index (χ1n) is 6.62. The second kappa shape index (κ2) is 9.14. The van der Waals surface area contributed by atoms with Crippen LogP contribution in [0.4, 0.5) is 0 Å². The monoisotopic (exact) mass is 263 g/mol. The van der Waals surface area contributed by atoms with Gasteiger partial charge in [-0.15, -0.1) is 0 Å². The minimum absolute atomic E-state index is 0.135. The van der Waals surface area contributed by atoms with Gasteiger partial charge < -0.3 is 9.57 Å². The van der Waals surface area contributed by atoms with E-state index in [1.165, 1.54) is 0 Å². The highest BCUT2D eigenvalue weighted by molar-refractivity contribution is 5.76. The summed E-state index contributed by atoms with van der Waals surface area (Å²) in [6, 6.07) is 9.82.